The molecule has 1 fully saturated rings. The molecule has 0 saturated carbocycles. The summed E-state index contributed by atoms with van der Waals surface area (Å²) in [5.74, 6) is 0.607. The Bertz CT molecular complexity index is 295. The van der Waals surface area contributed by atoms with E-state index < -0.39 is 0 Å². The first-order chi connectivity index (χ1) is 7.27. The highest BCUT2D eigenvalue weighted by atomic mass is 16.6. The second kappa shape index (κ2) is 4.77. The SMILES string of the molecule is CC(C)[C@H]1O[C@@H]1COCc1ccccc1. The average Bonchev–Trinajstić information content (AvgIpc) is 2.99. The van der Waals surface area contributed by atoms with E-state index in [2.05, 4.69) is 26.0 Å². The number of hydrogen-bond acceptors (Lipinski definition) is 2. The van der Waals surface area contributed by atoms with Crippen LogP contribution in [0.25, 0.3) is 0 Å². The van der Waals surface area contributed by atoms with Crippen molar-refractivity contribution in [3.05, 3.63) is 35.9 Å². The van der Waals surface area contributed by atoms with Gasteiger partial charge in [0.2, 0.25) is 0 Å². The molecule has 1 aromatic rings. The van der Waals surface area contributed by atoms with E-state index in [1.54, 1.807) is 0 Å². The molecular formula is C13H18O2. The van der Waals surface area contributed by atoms with Crippen molar-refractivity contribution in [2.75, 3.05) is 6.61 Å². The fraction of sp³-hybridized carbons (Fsp3) is 0.538. The number of ether oxygens (including phenoxy) is 2. The van der Waals surface area contributed by atoms with Gasteiger partial charge in [0, 0.05) is 0 Å². The highest BCUT2D eigenvalue weighted by Crippen LogP contribution is 2.29. The van der Waals surface area contributed by atoms with Crippen molar-refractivity contribution in [2.24, 2.45) is 5.92 Å². The highest BCUT2D eigenvalue weighted by Gasteiger charge is 2.40. The standard InChI is InChI=1S/C13H18O2/c1-10(2)13-12(15-13)9-14-8-11-6-4-3-5-7-11/h3-7,10,12-13H,8-9H2,1-2H3/t12-,13-/m1/s1. The molecule has 82 valence electrons. The first-order valence-electron chi connectivity index (χ1n) is 5.54. The number of benzene rings is 1. The molecule has 0 N–H and O–H groups in total. The molecule has 2 rings (SSSR count). The van der Waals surface area contributed by atoms with Crippen molar-refractivity contribution in [1.29, 1.82) is 0 Å². The van der Waals surface area contributed by atoms with Crippen LogP contribution in [0.5, 0.6) is 0 Å². The van der Waals surface area contributed by atoms with E-state index in [0.717, 1.165) is 6.61 Å². The second-order valence-corrected chi connectivity index (χ2v) is 4.38. The summed E-state index contributed by atoms with van der Waals surface area (Å²) in [4.78, 5) is 0. The van der Waals surface area contributed by atoms with E-state index >= 15 is 0 Å². The van der Waals surface area contributed by atoms with Crippen molar-refractivity contribution >= 4 is 0 Å². The Morgan fingerprint density at radius 2 is 2.00 bits per heavy atom. The third-order valence-electron chi connectivity index (χ3n) is 2.67. The van der Waals surface area contributed by atoms with E-state index in [-0.39, 0.29) is 0 Å². The smallest absolute Gasteiger partial charge is 0.108 e. The van der Waals surface area contributed by atoms with E-state index in [1.807, 2.05) is 18.2 Å². The van der Waals surface area contributed by atoms with Crippen LogP contribution in [0.2, 0.25) is 0 Å². The maximum Gasteiger partial charge on any atom is 0.108 e. The summed E-state index contributed by atoms with van der Waals surface area (Å²) in [5, 5.41) is 0. The Morgan fingerprint density at radius 3 is 2.60 bits per heavy atom. The van der Waals surface area contributed by atoms with Crippen LogP contribution >= 0.6 is 0 Å². The van der Waals surface area contributed by atoms with E-state index in [4.69, 9.17) is 9.47 Å². The van der Waals surface area contributed by atoms with Gasteiger partial charge < -0.3 is 9.47 Å². The summed E-state index contributed by atoms with van der Waals surface area (Å²) in [6.07, 6.45) is 0.745. The van der Waals surface area contributed by atoms with Crippen molar-refractivity contribution in [1.82, 2.24) is 0 Å². The van der Waals surface area contributed by atoms with Crippen LogP contribution in [0, 0.1) is 5.92 Å². The van der Waals surface area contributed by atoms with Gasteiger partial charge in [-0.2, -0.15) is 0 Å². The quantitative estimate of drug-likeness (QED) is 0.691. The van der Waals surface area contributed by atoms with Crippen molar-refractivity contribution in [3.63, 3.8) is 0 Å². The van der Waals surface area contributed by atoms with E-state index in [9.17, 15) is 0 Å². The lowest BCUT2D eigenvalue weighted by molar-refractivity contribution is 0.104. The predicted molar refractivity (Wildman–Crippen MR) is 59.6 cm³/mol. The summed E-state index contributed by atoms with van der Waals surface area (Å²) in [6.45, 7) is 5.77. The second-order valence-electron chi connectivity index (χ2n) is 4.38. The van der Waals surface area contributed by atoms with Gasteiger partial charge in [-0.25, -0.2) is 0 Å². The zero-order valence-electron chi connectivity index (χ0n) is 9.35. The molecule has 1 aliphatic heterocycles. The van der Waals surface area contributed by atoms with Gasteiger partial charge in [0.05, 0.1) is 19.3 Å². The average molecular weight is 206 g/mol. The zero-order chi connectivity index (χ0) is 10.7. The molecular weight excluding hydrogens is 188 g/mol. The molecule has 0 aliphatic carbocycles. The minimum atomic E-state index is 0.328. The third-order valence-corrected chi connectivity index (χ3v) is 2.67. The molecule has 2 heteroatoms. The zero-order valence-corrected chi connectivity index (χ0v) is 9.35. The molecule has 15 heavy (non-hydrogen) atoms. The molecule has 2 atom stereocenters. The van der Waals surface area contributed by atoms with Gasteiger partial charge >= 0.3 is 0 Å². The van der Waals surface area contributed by atoms with Gasteiger partial charge in [-0.3, -0.25) is 0 Å². The molecule has 0 bridgehead atoms. The molecule has 2 nitrogen and oxygen atoms in total. The van der Waals surface area contributed by atoms with E-state index in [0.29, 0.717) is 24.7 Å². The van der Waals surface area contributed by atoms with Crippen LogP contribution in [0.3, 0.4) is 0 Å². The summed E-state index contributed by atoms with van der Waals surface area (Å²) >= 11 is 0. The molecule has 0 aromatic heterocycles. The highest BCUT2D eigenvalue weighted by molar-refractivity contribution is 5.13. The van der Waals surface area contributed by atoms with Crippen molar-refractivity contribution in [2.45, 2.75) is 32.7 Å². The fourth-order valence-corrected chi connectivity index (χ4v) is 1.74. The molecule has 0 unspecified atom stereocenters. The van der Waals surface area contributed by atoms with Crippen LogP contribution in [-0.2, 0) is 16.1 Å². The Balaban J connectivity index is 1.65. The molecule has 0 spiro atoms. The molecule has 0 radical (unpaired) electrons. The summed E-state index contributed by atoms with van der Waals surface area (Å²) < 4.78 is 11.1. The summed E-state index contributed by atoms with van der Waals surface area (Å²) in [5.41, 5.74) is 1.22. The van der Waals surface area contributed by atoms with Crippen LogP contribution in [0.15, 0.2) is 30.3 Å². The van der Waals surface area contributed by atoms with Crippen molar-refractivity contribution in [3.8, 4) is 0 Å². The largest absolute Gasteiger partial charge is 0.374 e. The van der Waals surface area contributed by atoms with Gasteiger partial charge in [-0.1, -0.05) is 44.2 Å². The number of rotatable bonds is 5. The van der Waals surface area contributed by atoms with Gasteiger partial charge in [-0.05, 0) is 11.5 Å². The Kier molecular flexibility index (Phi) is 3.39. The topological polar surface area (TPSA) is 21.8 Å². The lowest BCUT2D eigenvalue weighted by Gasteiger charge is -2.02. The minimum absolute atomic E-state index is 0.328. The fourth-order valence-electron chi connectivity index (χ4n) is 1.74. The number of hydrogen-bond donors (Lipinski definition) is 0. The molecule has 1 aliphatic rings. The van der Waals surface area contributed by atoms with Gasteiger partial charge in [-0.15, -0.1) is 0 Å². The van der Waals surface area contributed by atoms with Crippen LogP contribution in [0.1, 0.15) is 19.4 Å². The van der Waals surface area contributed by atoms with Gasteiger partial charge in [0.25, 0.3) is 0 Å². The summed E-state index contributed by atoms with van der Waals surface area (Å²) in [7, 11) is 0. The normalized spacial score (nSPS) is 24.5. The molecule has 1 aromatic carbocycles. The van der Waals surface area contributed by atoms with Crippen LogP contribution in [-0.4, -0.2) is 18.8 Å². The van der Waals surface area contributed by atoms with Crippen LogP contribution in [0.4, 0.5) is 0 Å². The lowest BCUT2D eigenvalue weighted by Crippen LogP contribution is -2.08. The summed E-state index contributed by atoms with van der Waals surface area (Å²) in [6, 6.07) is 10.2. The predicted octanol–water partition coefficient (Wildman–Crippen LogP) is 2.63. The Morgan fingerprint density at radius 1 is 1.27 bits per heavy atom. The first kappa shape index (κ1) is 10.7. The monoisotopic (exact) mass is 206 g/mol. The maximum absolute atomic E-state index is 5.60. The maximum atomic E-state index is 5.60. The third kappa shape index (κ3) is 3.05. The molecule has 0 amide bonds. The first-order valence-corrected chi connectivity index (χ1v) is 5.54. The number of epoxide rings is 1. The minimum Gasteiger partial charge on any atom is -0.374 e. The lowest BCUT2D eigenvalue weighted by atomic mass is 10.1. The van der Waals surface area contributed by atoms with Gasteiger partial charge in [0.1, 0.15) is 6.10 Å². The van der Waals surface area contributed by atoms with Gasteiger partial charge in [0.15, 0.2) is 0 Å². The Hall–Kier alpha value is -0.860. The molecule has 1 saturated heterocycles. The Labute approximate surface area is 91.2 Å². The van der Waals surface area contributed by atoms with E-state index in [1.165, 1.54) is 5.56 Å². The molecule has 1 heterocycles. The van der Waals surface area contributed by atoms with Crippen molar-refractivity contribution < 1.29 is 9.47 Å². The van der Waals surface area contributed by atoms with Crippen LogP contribution < -0.4 is 0 Å².